The van der Waals surface area contributed by atoms with Crippen LogP contribution in [0.25, 0.3) is 44.5 Å². The Balaban J connectivity index is 1.41. The first kappa shape index (κ1) is 29.6. The lowest BCUT2D eigenvalue weighted by Gasteiger charge is -2.45. The smallest absolute Gasteiger partial charge is 0.310 e. The maximum atomic E-state index is 11.9. The average molecular weight is 645 g/mol. The maximum absolute atomic E-state index is 11.9. The van der Waals surface area contributed by atoms with E-state index in [-0.39, 0.29) is 58.5 Å². The number of phenolic OH excluding ortho intramolecular Hbond substituents is 5. The van der Waals surface area contributed by atoms with Crippen molar-refractivity contribution in [3.8, 4) is 73.8 Å². The zero-order chi connectivity index (χ0) is 33.7. The molecule has 6 N–H and O–H groups in total. The van der Waals surface area contributed by atoms with Crippen LogP contribution in [-0.2, 0) is 12.2 Å². The number of aliphatic hydroxyl groups is 1. The van der Waals surface area contributed by atoms with Crippen molar-refractivity contribution in [1.29, 1.82) is 0 Å². The minimum atomic E-state index is -1.85. The molecule has 0 unspecified atom stereocenters. The Bertz CT molecular complexity index is 2310. The van der Waals surface area contributed by atoms with Gasteiger partial charge in [-0.05, 0) is 99.3 Å². The van der Waals surface area contributed by atoms with Crippen LogP contribution in [0, 0.1) is 6.92 Å². The third-order valence-corrected chi connectivity index (χ3v) is 9.11. The van der Waals surface area contributed by atoms with E-state index in [0.717, 1.165) is 10.9 Å². The number of phenols is 5. The topological polar surface area (TPSA) is 153 Å². The van der Waals surface area contributed by atoms with E-state index in [1.807, 2.05) is 19.1 Å². The predicted molar refractivity (Wildman–Crippen MR) is 179 cm³/mol. The van der Waals surface area contributed by atoms with Crippen LogP contribution in [0.1, 0.15) is 42.5 Å². The van der Waals surface area contributed by atoms with E-state index in [9.17, 15) is 30.6 Å². The van der Waals surface area contributed by atoms with Gasteiger partial charge in [-0.25, -0.2) is 0 Å². The molecular weight excluding hydrogens is 612 g/mol. The van der Waals surface area contributed by atoms with Crippen LogP contribution in [0.3, 0.4) is 0 Å². The summed E-state index contributed by atoms with van der Waals surface area (Å²) < 4.78 is 19.7. The van der Waals surface area contributed by atoms with Crippen LogP contribution in [0.15, 0.2) is 83.3 Å². The van der Waals surface area contributed by atoms with Crippen molar-refractivity contribution in [2.75, 3.05) is 0 Å². The number of rotatable bonds is 5. The molecule has 2 aliphatic heterocycles. The molecule has 1 atom stereocenters. The first-order valence-electron chi connectivity index (χ1n) is 15.5. The van der Waals surface area contributed by atoms with Gasteiger partial charge in [0.2, 0.25) is 0 Å². The Kier molecular flexibility index (Phi) is 6.23. The molecule has 0 fully saturated rings. The average Bonchev–Trinajstić information content (AvgIpc) is 3.43. The molecule has 48 heavy (non-hydrogen) atoms. The number of aryl methyl sites for hydroxylation is 1. The van der Waals surface area contributed by atoms with E-state index < -0.39 is 11.4 Å². The molecule has 9 heteroatoms. The molecule has 0 saturated carbocycles. The monoisotopic (exact) mass is 644 g/mol. The molecule has 8 rings (SSSR count). The fourth-order valence-electron chi connectivity index (χ4n) is 6.87. The van der Waals surface area contributed by atoms with Crippen molar-refractivity contribution < 1.29 is 44.5 Å². The zero-order valence-corrected chi connectivity index (χ0v) is 26.3. The Morgan fingerprint density at radius 2 is 1.44 bits per heavy atom. The van der Waals surface area contributed by atoms with E-state index >= 15 is 0 Å². The first-order valence-corrected chi connectivity index (χ1v) is 15.5. The number of hydrogen-bond donors (Lipinski definition) is 6. The van der Waals surface area contributed by atoms with Gasteiger partial charge < -0.3 is 44.5 Å². The first-order chi connectivity index (χ1) is 22.8. The van der Waals surface area contributed by atoms with Gasteiger partial charge in [-0.3, -0.25) is 0 Å². The van der Waals surface area contributed by atoms with Crippen LogP contribution >= 0.6 is 0 Å². The van der Waals surface area contributed by atoms with E-state index in [1.54, 1.807) is 56.3 Å². The van der Waals surface area contributed by atoms with Gasteiger partial charge in [-0.1, -0.05) is 12.1 Å². The molecule has 242 valence electrons. The normalized spacial score (nSPS) is 16.1. The van der Waals surface area contributed by atoms with Gasteiger partial charge in [0.05, 0.1) is 22.3 Å². The van der Waals surface area contributed by atoms with Crippen molar-refractivity contribution >= 4 is 11.0 Å². The van der Waals surface area contributed by atoms with E-state index in [1.165, 1.54) is 24.3 Å². The van der Waals surface area contributed by atoms with Gasteiger partial charge in [0.1, 0.15) is 51.6 Å². The summed E-state index contributed by atoms with van der Waals surface area (Å²) in [6.45, 7) is 5.24. The number of benzene rings is 5. The second kappa shape index (κ2) is 10.1. The summed E-state index contributed by atoms with van der Waals surface area (Å²) in [5.74, 6) is -1.39. The molecule has 2 aliphatic rings. The molecule has 3 heterocycles. The van der Waals surface area contributed by atoms with Crippen molar-refractivity contribution in [2.45, 2.75) is 45.0 Å². The molecule has 9 nitrogen and oxygen atoms in total. The van der Waals surface area contributed by atoms with E-state index in [4.69, 9.17) is 13.9 Å². The Morgan fingerprint density at radius 1 is 0.708 bits per heavy atom. The summed E-state index contributed by atoms with van der Waals surface area (Å²) in [5, 5.41) is 66.1. The highest BCUT2D eigenvalue weighted by atomic mass is 16.7. The van der Waals surface area contributed by atoms with Crippen molar-refractivity contribution in [3.05, 3.63) is 101 Å². The molecule has 0 bridgehead atoms. The second-order valence-corrected chi connectivity index (χ2v) is 13.2. The third kappa shape index (κ3) is 4.50. The van der Waals surface area contributed by atoms with Crippen molar-refractivity contribution in [2.24, 2.45) is 0 Å². The number of ether oxygens (including phenoxy) is 2. The molecule has 0 radical (unpaired) electrons. The fraction of sp³-hybridized carbons (Fsp3) is 0.179. The number of hydrogen-bond acceptors (Lipinski definition) is 9. The summed E-state index contributed by atoms with van der Waals surface area (Å²) in [4.78, 5) is 0. The summed E-state index contributed by atoms with van der Waals surface area (Å²) in [6, 6.07) is 21.5. The second-order valence-electron chi connectivity index (χ2n) is 13.2. The lowest BCUT2D eigenvalue weighted by Crippen LogP contribution is -2.45. The quantitative estimate of drug-likeness (QED) is 0.110. The van der Waals surface area contributed by atoms with Crippen LogP contribution in [-0.4, -0.2) is 36.2 Å². The number of fused-ring (bicyclic) bond motifs is 5. The number of aromatic hydroxyl groups is 5. The van der Waals surface area contributed by atoms with Gasteiger partial charge in [0.25, 0.3) is 0 Å². The van der Waals surface area contributed by atoms with Crippen molar-refractivity contribution in [1.82, 2.24) is 0 Å². The highest BCUT2D eigenvalue weighted by Crippen LogP contribution is 2.61. The van der Waals surface area contributed by atoms with Gasteiger partial charge in [-0.15, -0.1) is 0 Å². The molecule has 0 spiro atoms. The fourth-order valence-corrected chi connectivity index (χ4v) is 6.87. The Labute approximate surface area is 275 Å². The van der Waals surface area contributed by atoms with Crippen LogP contribution in [0.2, 0.25) is 0 Å². The van der Waals surface area contributed by atoms with Gasteiger partial charge in [0, 0.05) is 39.8 Å². The van der Waals surface area contributed by atoms with Crippen molar-refractivity contribution in [3.63, 3.8) is 0 Å². The summed E-state index contributed by atoms with van der Waals surface area (Å²) in [7, 11) is 0. The summed E-state index contributed by atoms with van der Waals surface area (Å²) >= 11 is 0. The van der Waals surface area contributed by atoms with Crippen LogP contribution in [0.4, 0.5) is 0 Å². The summed E-state index contributed by atoms with van der Waals surface area (Å²) in [5.41, 5.74) is 4.09. The zero-order valence-electron chi connectivity index (χ0n) is 26.3. The van der Waals surface area contributed by atoms with Crippen LogP contribution < -0.4 is 9.47 Å². The SMILES string of the molecule is Cc1cc2c3c(c1)-c1c(O)cc(-c4cc5ccc(O)cc5o4)cc1O[C@]3(c1ccc(O)c(CCC(C)(C)O)c1O)Oc1cc(O)ccc1-2. The molecule has 1 aromatic heterocycles. The molecule has 0 amide bonds. The van der Waals surface area contributed by atoms with E-state index in [0.29, 0.717) is 50.5 Å². The van der Waals surface area contributed by atoms with Gasteiger partial charge >= 0.3 is 5.79 Å². The van der Waals surface area contributed by atoms with Gasteiger partial charge in [-0.2, -0.15) is 0 Å². The summed E-state index contributed by atoms with van der Waals surface area (Å²) in [6.07, 6.45) is 0.401. The lowest BCUT2D eigenvalue weighted by molar-refractivity contribution is -0.0893. The van der Waals surface area contributed by atoms with Gasteiger partial charge in [0.15, 0.2) is 0 Å². The minimum Gasteiger partial charge on any atom is -0.508 e. The molecule has 5 aromatic carbocycles. The number of furan rings is 1. The Morgan fingerprint density at radius 3 is 2.23 bits per heavy atom. The molecule has 6 aromatic rings. The Hall–Kier alpha value is -5.80. The van der Waals surface area contributed by atoms with Crippen LogP contribution in [0.5, 0.6) is 40.2 Å². The molecule has 0 saturated heterocycles. The maximum Gasteiger partial charge on any atom is 0.310 e. The molecule has 0 aliphatic carbocycles. The van der Waals surface area contributed by atoms with E-state index in [2.05, 4.69) is 0 Å². The standard InChI is InChI=1S/C39H32O9/c1-19-12-26-24-7-6-23(41)18-33(24)47-39(28-8-9-29(42)25(37(28)44)10-11-38(2,3)45)36(26)27(13-19)35-30(43)14-21(16-34(35)48-39)31-15-20-4-5-22(40)17-32(20)46-31/h4-9,12-18,40-45H,10-11H2,1-3H3/t39-/m0/s1. The third-order valence-electron chi connectivity index (χ3n) is 9.11. The minimum absolute atomic E-state index is 0.0342. The highest BCUT2D eigenvalue weighted by Gasteiger charge is 2.53. The largest absolute Gasteiger partial charge is 0.508 e. The predicted octanol–water partition coefficient (Wildman–Crippen LogP) is 7.96. The highest BCUT2D eigenvalue weighted by molar-refractivity contribution is 5.93. The lowest BCUT2D eigenvalue weighted by atomic mass is 9.78. The molecular formula is C39H32O9.